The number of piperidine rings is 1. The topological polar surface area (TPSA) is 31.7 Å². The van der Waals surface area contributed by atoms with Crippen LogP contribution in [-0.2, 0) is 17.9 Å². The van der Waals surface area contributed by atoms with Gasteiger partial charge in [-0.25, -0.2) is 0 Å². The number of para-hydroxylation sites is 1. The number of rotatable bonds is 5. The highest BCUT2D eigenvalue weighted by molar-refractivity contribution is 6.30. The van der Waals surface area contributed by atoms with Gasteiger partial charge < -0.3 is 14.4 Å². The van der Waals surface area contributed by atoms with Crippen molar-refractivity contribution >= 4 is 53.2 Å². The van der Waals surface area contributed by atoms with Crippen LogP contribution in [-0.4, -0.2) is 71.5 Å². The van der Waals surface area contributed by atoms with Crippen LogP contribution in [0.5, 0.6) is 0 Å². The number of aromatic nitrogens is 1. The van der Waals surface area contributed by atoms with Gasteiger partial charge in [-0.2, -0.15) is 0 Å². The summed E-state index contributed by atoms with van der Waals surface area (Å²) in [4.78, 5) is 20.1. The molecule has 8 heteroatoms. The number of nitrogens with zero attached hydrogens (tertiary/aromatic N) is 4. The van der Waals surface area contributed by atoms with Gasteiger partial charge in [-0.15, -0.1) is 24.8 Å². The van der Waals surface area contributed by atoms with E-state index in [0.29, 0.717) is 5.91 Å². The number of benzene rings is 2. The van der Waals surface area contributed by atoms with Gasteiger partial charge in [0.25, 0.3) is 0 Å². The second-order valence-corrected chi connectivity index (χ2v) is 10.0. The van der Waals surface area contributed by atoms with E-state index in [1.807, 2.05) is 12.1 Å². The summed E-state index contributed by atoms with van der Waals surface area (Å²) >= 11 is 6.10. The Hall–Kier alpha value is -1.76. The number of likely N-dealkylation sites (N-methyl/N-ethyl adjacent to an activating group) is 1. The third-order valence-electron chi connectivity index (χ3n) is 7.21. The molecule has 1 amide bonds. The lowest BCUT2D eigenvalue weighted by Crippen LogP contribution is -2.51. The van der Waals surface area contributed by atoms with Gasteiger partial charge in [0.05, 0.1) is 5.92 Å². The van der Waals surface area contributed by atoms with Crippen LogP contribution >= 0.6 is 36.4 Å². The second kappa shape index (κ2) is 12.5. The van der Waals surface area contributed by atoms with Crippen molar-refractivity contribution in [1.29, 1.82) is 0 Å². The Kier molecular flexibility index (Phi) is 9.91. The quantitative estimate of drug-likeness (QED) is 0.450. The standard InChI is InChI=1S/C27H33ClN4O.2ClH/c1-29-13-15-31(16-14-29)27(33)23-6-4-12-30(19-23)20-25-17-22-5-2-3-7-26(22)32(25)18-21-8-10-24(28)11-9-21;;/h2-3,5,7-11,17,23H,4,6,12-16,18-20H2,1H3;2*1H. The Balaban J connectivity index is 0.00000171. The molecule has 5 nitrogen and oxygen atoms in total. The van der Waals surface area contributed by atoms with Gasteiger partial charge in [0.1, 0.15) is 0 Å². The highest BCUT2D eigenvalue weighted by Crippen LogP contribution is 2.26. The number of halogens is 3. The van der Waals surface area contributed by atoms with Crippen LogP contribution in [0.2, 0.25) is 5.02 Å². The summed E-state index contributed by atoms with van der Waals surface area (Å²) in [5.74, 6) is 0.478. The van der Waals surface area contributed by atoms with Gasteiger partial charge in [-0.3, -0.25) is 9.69 Å². The number of fused-ring (bicyclic) bond motifs is 1. The van der Waals surface area contributed by atoms with E-state index < -0.39 is 0 Å². The van der Waals surface area contributed by atoms with E-state index in [4.69, 9.17) is 11.6 Å². The highest BCUT2D eigenvalue weighted by Gasteiger charge is 2.31. The third kappa shape index (κ3) is 6.52. The second-order valence-electron chi connectivity index (χ2n) is 9.61. The predicted molar refractivity (Wildman–Crippen MR) is 149 cm³/mol. The van der Waals surface area contributed by atoms with Crippen molar-refractivity contribution in [3.05, 3.63) is 70.9 Å². The van der Waals surface area contributed by atoms with Crippen molar-refractivity contribution in [1.82, 2.24) is 19.3 Å². The molecule has 1 atom stereocenters. The Morgan fingerprint density at radius 1 is 0.943 bits per heavy atom. The molecule has 2 aliphatic rings. The molecule has 1 aromatic heterocycles. The van der Waals surface area contributed by atoms with Gasteiger partial charge in [-0.05, 0) is 61.6 Å². The maximum Gasteiger partial charge on any atom is 0.227 e. The SMILES string of the molecule is CN1CCN(C(=O)C2CCCN(Cc3cc4ccccc4n3Cc3ccc(Cl)cc3)C2)CC1.Cl.Cl. The van der Waals surface area contributed by atoms with Crippen molar-refractivity contribution in [2.75, 3.05) is 46.3 Å². The van der Waals surface area contributed by atoms with E-state index in [2.05, 4.69) is 68.8 Å². The minimum atomic E-state index is 0. The van der Waals surface area contributed by atoms with Crippen LogP contribution in [0.3, 0.4) is 0 Å². The van der Waals surface area contributed by atoms with Crippen molar-refractivity contribution < 1.29 is 4.79 Å². The van der Waals surface area contributed by atoms with Gasteiger partial charge >= 0.3 is 0 Å². The van der Waals surface area contributed by atoms with E-state index in [0.717, 1.165) is 70.2 Å². The molecule has 1 unspecified atom stereocenters. The average Bonchev–Trinajstić information content (AvgIpc) is 3.17. The summed E-state index contributed by atoms with van der Waals surface area (Å²) < 4.78 is 2.42. The third-order valence-corrected chi connectivity index (χ3v) is 7.46. The molecule has 3 aromatic rings. The number of hydrogen-bond donors (Lipinski definition) is 0. The number of carbonyl (C=O) groups excluding carboxylic acids is 1. The number of hydrogen-bond acceptors (Lipinski definition) is 3. The van der Waals surface area contributed by atoms with Crippen LogP contribution in [0.4, 0.5) is 0 Å². The molecule has 3 heterocycles. The van der Waals surface area contributed by atoms with Crippen LogP contribution in [0, 0.1) is 5.92 Å². The molecule has 0 bridgehead atoms. The smallest absolute Gasteiger partial charge is 0.227 e. The first kappa shape index (κ1) is 27.8. The van der Waals surface area contributed by atoms with Gasteiger partial charge in [-0.1, -0.05) is 41.9 Å². The van der Waals surface area contributed by atoms with Crippen LogP contribution in [0.25, 0.3) is 10.9 Å². The molecule has 2 fully saturated rings. The van der Waals surface area contributed by atoms with E-state index in [9.17, 15) is 4.79 Å². The van der Waals surface area contributed by atoms with Crippen molar-refractivity contribution in [2.45, 2.75) is 25.9 Å². The van der Waals surface area contributed by atoms with Crippen LogP contribution in [0.1, 0.15) is 24.1 Å². The van der Waals surface area contributed by atoms with Gasteiger partial charge in [0, 0.05) is 62.0 Å². The first-order chi connectivity index (χ1) is 16.1. The van der Waals surface area contributed by atoms with Crippen LogP contribution < -0.4 is 0 Å². The lowest BCUT2D eigenvalue weighted by molar-refractivity contribution is -0.139. The van der Waals surface area contributed by atoms with Crippen molar-refractivity contribution in [3.63, 3.8) is 0 Å². The minimum Gasteiger partial charge on any atom is -0.340 e. The molecule has 2 aromatic carbocycles. The Labute approximate surface area is 225 Å². The Morgan fingerprint density at radius 3 is 2.40 bits per heavy atom. The summed E-state index contributed by atoms with van der Waals surface area (Å²) in [6.45, 7) is 7.28. The first-order valence-electron chi connectivity index (χ1n) is 12.1. The zero-order valence-corrected chi connectivity index (χ0v) is 22.6. The summed E-state index contributed by atoms with van der Waals surface area (Å²) in [5, 5.41) is 2.03. The minimum absolute atomic E-state index is 0. The van der Waals surface area contributed by atoms with E-state index >= 15 is 0 Å². The predicted octanol–water partition coefficient (Wildman–Crippen LogP) is 5.17. The zero-order chi connectivity index (χ0) is 22.8. The highest BCUT2D eigenvalue weighted by atomic mass is 35.5. The maximum absolute atomic E-state index is 13.2. The van der Waals surface area contributed by atoms with Gasteiger partial charge in [0.15, 0.2) is 0 Å². The molecule has 0 saturated carbocycles. The van der Waals surface area contributed by atoms with Crippen LogP contribution in [0.15, 0.2) is 54.6 Å². The lowest BCUT2D eigenvalue weighted by Gasteiger charge is -2.38. The largest absolute Gasteiger partial charge is 0.340 e. The number of carbonyl (C=O) groups is 1. The normalized spacial score (nSPS) is 19.3. The van der Waals surface area contributed by atoms with Gasteiger partial charge in [0.2, 0.25) is 5.91 Å². The van der Waals surface area contributed by atoms with Crippen molar-refractivity contribution in [2.24, 2.45) is 5.92 Å². The molecule has 2 aliphatic heterocycles. The average molecular weight is 538 g/mol. The molecule has 35 heavy (non-hydrogen) atoms. The molecular formula is C27H35Cl3N4O. The molecule has 0 radical (unpaired) electrons. The Bertz CT molecular complexity index is 1110. The molecule has 2 saturated heterocycles. The van der Waals surface area contributed by atoms with Crippen molar-refractivity contribution in [3.8, 4) is 0 Å². The van der Waals surface area contributed by atoms with E-state index in [-0.39, 0.29) is 30.7 Å². The summed E-state index contributed by atoms with van der Waals surface area (Å²) in [6, 6.07) is 19.0. The summed E-state index contributed by atoms with van der Waals surface area (Å²) in [7, 11) is 2.13. The first-order valence-corrected chi connectivity index (χ1v) is 12.5. The number of amides is 1. The molecule has 0 N–H and O–H groups in total. The van der Waals surface area contributed by atoms with E-state index in [1.54, 1.807) is 0 Å². The molecule has 0 aliphatic carbocycles. The molecule has 190 valence electrons. The fourth-order valence-corrected chi connectivity index (χ4v) is 5.40. The number of piperazine rings is 1. The summed E-state index contributed by atoms with van der Waals surface area (Å²) in [6.07, 6.45) is 2.09. The molecule has 5 rings (SSSR count). The zero-order valence-electron chi connectivity index (χ0n) is 20.2. The fraction of sp³-hybridized carbons (Fsp3) is 0.444. The lowest BCUT2D eigenvalue weighted by atomic mass is 9.96. The number of likely N-dealkylation sites (tertiary alicyclic amines) is 1. The van der Waals surface area contributed by atoms with E-state index in [1.165, 1.54) is 22.2 Å². The summed E-state index contributed by atoms with van der Waals surface area (Å²) in [5.41, 5.74) is 3.80. The fourth-order valence-electron chi connectivity index (χ4n) is 5.27. The monoisotopic (exact) mass is 536 g/mol. The molecule has 0 spiro atoms. The Morgan fingerprint density at radius 2 is 1.66 bits per heavy atom. The molecular weight excluding hydrogens is 503 g/mol. The maximum atomic E-state index is 13.2.